The fraction of sp³-hybridized carbons (Fsp3) is 0.429. The van der Waals surface area contributed by atoms with Crippen molar-refractivity contribution >= 4 is 23.2 Å². The third kappa shape index (κ3) is 4.36. The summed E-state index contributed by atoms with van der Waals surface area (Å²) in [6, 6.07) is 0. The van der Waals surface area contributed by atoms with Gasteiger partial charge in [0.15, 0.2) is 0 Å². The summed E-state index contributed by atoms with van der Waals surface area (Å²) < 4.78 is 6.67. The number of carbonyl (C=O) groups excluding carboxylic acids is 1. The Morgan fingerprint density at radius 1 is 1.52 bits per heavy atom. The molecule has 0 spiro atoms. The van der Waals surface area contributed by atoms with E-state index in [1.54, 1.807) is 36.4 Å². The van der Waals surface area contributed by atoms with E-state index < -0.39 is 17.4 Å². The van der Waals surface area contributed by atoms with Crippen molar-refractivity contribution in [3.05, 3.63) is 23.5 Å². The average Bonchev–Trinajstić information content (AvgIpc) is 3.05. The molecule has 2 aromatic rings. The molecule has 2 rings (SSSR count). The van der Waals surface area contributed by atoms with E-state index >= 15 is 0 Å². The van der Waals surface area contributed by atoms with Crippen LogP contribution in [0.3, 0.4) is 0 Å². The minimum Gasteiger partial charge on any atom is -0.481 e. The molecular weight excluding hydrogens is 320 g/mol. The third-order valence-corrected chi connectivity index (χ3v) is 4.00. The second kappa shape index (κ2) is 6.88. The second-order valence-corrected chi connectivity index (χ2v) is 6.32. The smallest absolute Gasteiger partial charge is 0.305 e. The number of carboxylic acids is 1. The number of rotatable bonds is 7. The van der Waals surface area contributed by atoms with Gasteiger partial charge in [0.1, 0.15) is 10.7 Å². The maximum absolute atomic E-state index is 12.3. The molecule has 1 amide bonds. The number of nitrogens with one attached hydrogen (secondary N) is 1. The quantitative estimate of drug-likeness (QED) is 0.784. The number of hydrogen-bond acceptors (Lipinski definition) is 6. The van der Waals surface area contributed by atoms with E-state index in [9.17, 15) is 9.59 Å². The number of carbonyl (C=O) groups is 2. The molecule has 1 unspecified atom stereocenters. The van der Waals surface area contributed by atoms with Crippen LogP contribution in [0.4, 0.5) is 0 Å². The van der Waals surface area contributed by atoms with Gasteiger partial charge in [0, 0.05) is 31.3 Å². The maximum atomic E-state index is 12.3. The van der Waals surface area contributed by atoms with Gasteiger partial charge in [-0.25, -0.2) is 4.98 Å². The first kappa shape index (κ1) is 17.1. The van der Waals surface area contributed by atoms with E-state index in [1.165, 1.54) is 18.4 Å². The first-order chi connectivity index (χ1) is 10.8. The number of aryl methyl sites for hydroxylation is 1. The minimum atomic E-state index is -1.01. The summed E-state index contributed by atoms with van der Waals surface area (Å²) in [5.41, 5.74) is 0.0544. The standard InChI is InChI=1S/C14H18N4O4S/c1-14(8-22-3,4-11(19)20)17-12(21)10-7-23-13(16-10)9-5-15-18(2)6-9/h5-7H,4,8H2,1-3H3,(H,17,21)(H,19,20). The molecule has 0 saturated heterocycles. The van der Waals surface area contributed by atoms with Crippen LogP contribution in [0, 0.1) is 0 Å². The van der Waals surface area contributed by atoms with Crippen LogP contribution < -0.4 is 5.32 Å². The zero-order valence-electron chi connectivity index (χ0n) is 13.1. The van der Waals surface area contributed by atoms with Crippen LogP contribution in [0.2, 0.25) is 0 Å². The summed E-state index contributed by atoms with van der Waals surface area (Å²) in [7, 11) is 3.25. The minimum absolute atomic E-state index is 0.0879. The molecule has 9 heteroatoms. The zero-order valence-corrected chi connectivity index (χ0v) is 13.9. The van der Waals surface area contributed by atoms with Crippen molar-refractivity contribution in [2.75, 3.05) is 13.7 Å². The molecule has 0 aliphatic carbocycles. The lowest BCUT2D eigenvalue weighted by molar-refractivity contribution is -0.139. The van der Waals surface area contributed by atoms with Crippen molar-refractivity contribution in [3.8, 4) is 10.6 Å². The first-order valence-electron chi connectivity index (χ1n) is 6.81. The third-order valence-electron chi connectivity index (χ3n) is 3.11. The molecule has 0 saturated carbocycles. The van der Waals surface area contributed by atoms with Crippen LogP contribution in [0.15, 0.2) is 17.8 Å². The van der Waals surface area contributed by atoms with Crippen molar-refractivity contribution < 1.29 is 19.4 Å². The fourth-order valence-corrected chi connectivity index (χ4v) is 2.94. The molecular formula is C14H18N4O4S. The SMILES string of the molecule is COCC(C)(CC(=O)O)NC(=O)c1csc(-c2cnn(C)c2)n1. The highest BCUT2D eigenvalue weighted by molar-refractivity contribution is 7.13. The summed E-state index contributed by atoms with van der Waals surface area (Å²) >= 11 is 1.32. The van der Waals surface area contributed by atoms with Crippen molar-refractivity contribution in [2.24, 2.45) is 7.05 Å². The molecule has 0 fully saturated rings. The second-order valence-electron chi connectivity index (χ2n) is 5.46. The molecule has 2 aromatic heterocycles. The molecule has 0 aliphatic rings. The summed E-state index contributed by atoms with van der Waals surface area (Å²) in [6.45, 7) is 1.71. The van der Waals surface area contributed by atoms with Crippen LogP contribution in [-0.4, -0.2) is 51.0 Å². The lowest BCUT2D eigenvalue weighted by Gasteiger charge is -2.28. The van der Waals surface area contributed by atoms with Crippen LogP contribution in [-0.2, 0) is 16.6 Å². The Kier molecular flexibility index (Phi) is 5.12. The van der Waals surface area contributed by atoms with Crippen LogP contribution in [0.25, 0.3) is 10.6 Å². The number of ether oxygens (including phenoxy) is 1. The Morgan fingerprint density at radius 2 is 2.26 bits per heavy atom. The van der Waals surface area contributed by atoms with Crippen molar-refractivity contribution in [3.63, 3.8) is 0 Å². The van der Waals surface area contributed by atoms with Gasteiger partial charge in [-0.15, -0.1) is 11.3 Å². The molecule has 0 aromatic carbocycles. The van der Waals surface area contributed by atoms with E-state index in [1.807, 2.05) is 0 Å². The Bertz CT molecular complexity index is 711. The van der Waals surface area contributed by atoms with Crippen molar-refractivity contribution in [1.29, 1.82) is 0 Å². The molecule has 0 radical (unpaired) electrons. The number of methoxy groups -OCH3 is 1. The molecule has 1 atom stereocenters. The van der Waals surface area contributed by atoms with Gasteiger partial charge < -0.3 is 15.2 Å². The monoisotopic (exact) mass is 338 g/mol. The average molecular weight is 338 g/mol. The molecule has 124 valence electrons. The predicted molar refractivity (Wildman–Crippen MR) is 84.3 cm³/mol. The van der Waals surface area contributed by atoms with E-state index in [0.29, 0.717) is 5.01 Å². The van der Waals surface area contributed by atoms with Crippen molar-refractivity contribution in [1.82, 2.24) is 20.1 Å². The number of amides is 1. The van der Waals surface area contributed by atoms with Gasteiger partial charge in [0.05, 0.1) is 24.8 Å². The molecule has 0 aliphatic heterocycles. The van der Waals surface area contributed by atoms with Crippen LogP contribution in [0.1, 0.15) is 23.8 Å². The number of thiazole rings is 1. The van der Waals surface area contributed by atoms with Gasteiger partial charge in [0.2, 0.25) is 0 Å². The Labute approximate surface area is 137 Å². The highest BCUT2D eigenvalue weighted by Crippen LogP contribution is 2.23. The summed E-state index contributed by atoms with van der Waals surface area (Å²) in [5, 5.41) is 18.0. The van der Waals surface area contributed by atoms with E-state index in [0.717, 1.165) is 5.56 Å². The zero-order chi connectivity index (χ0) is 17.0. The van der Waals surface area contributed by atoms with Crippen LogP contribution >= 0.6 is 11.3 Å². The first-order valence-corrected chi connectivity index (χ1v) is 7.69. The van der Waals surface area contributed by atoms with Crippen molar-refractivity contribution in [2.45, 2.75) is 18.9 Å². The lowest BCUT2D eigenvalue weighted by atomic mass is 9.99. The largest absolute Gasteiger partial charge is 0.481 e. The fourth-order valence-electron chi connectivity index (χ4n) is 2.16. The normalized spacial score (nSPS) is 13.5. The Hall–Kier alpha value is -2.26. The van der Waals surface area contributed by atoms with E-state index in [4.69, 9.17) is 9.84 Å². The summed E-state index contributed by atoms with van der Waals surface area (Å²) in [4.78, 5) is 27.6. The Morgan fingerprint density at radius 3 is 2.83 bits per heavy atom. The van der Waals surface area contributed by atoms with Gasteiger partial charge in [-0.1, -0.05) is 0 Å². The number of aliphatic carboxylic acids is 1. The lowest BCUT2D eigenvalue weighted by Crippen LogP contribution is -2.50. The van der Waals surface area contributed by atoms with E-state index in [2.05, 4.69) is 15.4 Å². The topological polar surface area (TPSA) is 106 Å². The molecule has 2 N–H and O–H groups in total. The highest BCUT2D eigenvalue weighted by Gasteiger charge is 2.30. The highest BCUT2D eigenvalue weighted by atomic mass is 32.1. The summed E-state index contributed by atoms with van der Waals surface area (Å²) in [6.07, 6.45) is 3.23. The molecule has 0 bridgehead atoms. The van der Waals surface area contributed by atoms with Gasteiger partial charge in [0.25, 0.3) is 5.91 Å². The number of nitrogens with zero attached hydrogens (tertiary/aromatic N) is 3. The van der Waals surface area contributed by atoms with Gasteiger partial charge in [-0.3, -0.25) is 14.3 Å². The van der Waals surface area contributed by atoms with Gasteiger partial charge in [-0.2, -0.15) is 5.10 Å². The van der Waals surface area contributed by atoms with Crippen LogP contribution in [0.5, 0.6) is 0 Å². The number of hydrogen-bond donors (Lipinski definition) is 2. The van der Waals surface area contributed by atoms with E-state index in [-0.39, 0.29) is 18.7 Å². The Balaban J connectivity index is 2.13. The number of carboxylic acid groups (broad SMARTS) is 1. The molecule has 8 nitrogen and oxygen atoms in total. The number of aromatic nitrogens is 3. The molecule has 23 heavy (non-hydrogen) atoms. The van der Waals surface area contributed by atoms with Gasteiger partial charge in [-0.05, 0) is 6.92 Å². The molecule has 2 heterocycles. The predicted octanol–water partition coefficient (Wildman–Crippen LogP) is 1.15. The maximum Gasteiger partial charge on any atom is 0.305 e. The summed E-state index contributed by atoms with van der Waals surface area (Å²) in [5.74, 6) is -1.45. The van der Waals surface area contributed by atoms with Gasteiger partial charge >= 0.3 is 5.97 Å².